The fourth-order valence-electron chi connectivity index (χ4n) is 2.76. The first kappa shape index (κ1) is 13.3. The van der Waals surface area contributed by atoms with Crippen molar-refractivity contribution < 1.29 is 4.52 Å². The third kappa shape index (κ3) is 2.48. The van der Waals surface area contributed by atoms with Crippen molar-refractivity contribution in [1.82, 2.24) is 10.1 Å². The third-order valence-electron chi connectivity index (χ3n) is 4.17. The number of benzene rings is 1. The summed E-state index contributed by atoms with van der Waals surface area (Å²) in [5.41, 5.74) is 8.92. The average molecular weight is 271 g/mol. The lowest BCUT2D eigenvalue weighted by Crippen LogP contribution is -2.18. The highest BCUT2D eigenvalue weighted by Gasteiger charge is 2.26. The lowest BCUT2D eigenvalue weighted by molar-refractivity contribution is 0.332. The van der Waals surface area contributed by atoms with Gasteiger partial charge in [-0.15, -0.1) is 0 Å². The predicted octanol–water partition coefficient (Wildman–Crippen LogP) is 3.00. The molecule has 0 radical (unpaired) electrons. The minimum atomic E-state index is -0.150. The van der Waals surface area contributed by atoms with Gasteiger partial charge in [-0.1, -0.05) is 43.3 Å². The average Bonchev–Trinajstić information content (AvgIpc) is 2.95. The van der Waals surface area contributed by atoms with E-state index in [9.17, 15) is 0 Å². The van der Waals surface area contributed by atoms with E-state index in [1.165, 1.54) is 11.1 Å². The van der Waals surface area contributed by atoms with Crippen LogP contribution in [0.1, 0.15) is 55.1 Å². The molecule has 0 saturated heterocycles. The molecule has 4 nitrogen and oxygen atoms in total. The Kier molecular flexibility index (Phi) is 3.57. The molecule has 1 heterocycles. The van der Waals surface area contributed by atoms with Crippen molar-refractivity contribution in [1.29, 1.82) is 0 Å². The van der Waals surface area contributed by atoms with Gasteiger partial charge < -0.3 is 10.3 Å². The summed E-state index contributed by atoms with van der Waals surface area (Å²) in [4.78, 5) is 4.53. The van der Waals surface area contributed by atoms with E-state index in [1.54, 1.807) is 0 Å². The monoisotopic (exact) mass is 271 g/mol. The quantitative estimate of drug-likeness (QED) is 0.932. The first-order chi connectivity index (χ1) is 9.65. The topological polar surface area (TPSA) is 64.9 Å². The molecule has 106 valence electrons. The van der Waals surface area contributed by atoms with Crippen molar-refractivity contribution in [3.8, 4) is 0 Å². The molecule has 4 heteroatoms. The summed E-state index contributed by atoms with van der Waals surface area (Å²) in [5, 5.41) is 4.06. The van der Waals surface area contributed by atoms with E-state index in [4.69, 9.17) is 10.3 Å². The molecule has 0 amide bonds. The molecule has 2 unspecified atom stereocenters. The largest absolute Gasteiger partial charge is 0.339 e. The number of hydrogen-bond donors (Lipinski definition) is 1. The molecule has 2 aromatic rings. The number of rotatable bonds is 3. The summed E-state index contributed by atoms with van der Waals surface area (Å²) in [5.74, 6) is 2.01. The van der Waals surface area contributed by atoms with Crippen LogP contribution in [-0.2, 0) is 12.8 Å². The van der Waals surface area contributed by atoms with Crippen LogP contribution in [0, 0.1) is 5.92 Å². The van der Waals surface area contributed by atoms with Crippen molar-refractivity contribution in [2.75, 3.05) is 0 Å². The SMILES string of the molecule is CC(C)C(N)c1noc(C2CCc3ccccc3C2)n1. The highest BCUT2D eigenvalue weighted by Crippen LogP contribution is 2.32. The molecule has 0 fully saturated rings. The minimum absolute atomic E-state index is 0.150. The molecule has 3 rings (SSSR count). The van der Waals surface area contributed by atoms with Crippen molar-refractivity contribution in [3.05, 3.63) is 47.1 Å². The van der Waals surface area contributed by atoms with E-state index in [1.807, 2.05) is 0 Å². The molecular weight excluding hydrogens is 250 g/mol. The maximum absolute atomic E-state index is 6.07. The van der Waals surface area contributed by atoms with Crippen molar-refractivity contribution >= 4 is 0 Å². The molecule has 1 aromatic heterocycles. The number of aromatic nitrogens is 2. The van der Waals surface area contributed by atoms with Gasteiger partial charge in [0.05, 0.1) is 6.04 Å². The van der Waals surface area contributed by atoms with Crippen molar-refractivity contribution in [2.24, 2.45) is 11.7 Å². The summed E-state index contributed by atoms with van der Waals surface area (Å²) in [6, 6.07) is 8.45. The summed E-state index contributed by atoms with van der Waals surface area (Å²) in [7, 11) is 0. The summed E-state index contributed by atoms with van der Waals surface area (Å²) in [6.07, 6.45) is 3.12. The van der Waals surface area contributed by atoms with Gasteiger partial charge in [0.2, 0.25) is 5.89 Å². The Hall–Kier alpha value is -1.68. The molecule has 1 aromatic carbocycles. The molecule has 0 spiro atoms. The molecule has 2 N–H and O–H groups in total. The van der Waals surface area contributed by atoms with Crippen LogP contribution in [0.25, 0.3) is 0 Å². The normalized spacial score (nSPS) is 19.9. The van der Waals surface area contributed by atoms with E-state index >= 15 is 0 Å². The molecule has 20 heavy (non-hydrogen) atoms. The van der Waals surface area contributed by atoms with Crippen LogP contribution in [0.4, 0.5) is 0 Å². The zero-order valence-corrected chi connectivity index (χ0v) is 12.0. The fourth-order valence-corrected chi connectivity index (χ4v) is 2.76. The molecule has 0 bridgehead atoms. The maximum atomic E-state index is 6.07. The highest BCUT2D eigenvalue weighted by molar-refractivity contribution is 5.31. The summed E-state index contributed by atoms with van der Waals surface area (Å²) in [6.45, 7) is 4.13. The van der Waals surface area contributed by atoms with Crippen molar-refractivity contribution in [2.45, 2.75) is 45.1 Å². The van der Waals surface area contributed by atoms with Crippen LogP contribution in [0.3, 0.4) is 0 Å². The molecule has 1 aliphatic rings. The zero-order valence-electron chi connectivity index (χ0n) is 12.0. The van der Waals surface area contributed by atoms with Gasteiger partial charge in [-0.05, 0) is 36.3 Å². The number of fused-ring (bicyclic) bond motifs is 1. The maximum Gasteiger partial charge on any atom is 0.230 e. The third-order valence-corrected chi connectivity index (χ3v) is 4.17. The molecule has 0 aliphatic heterocycles. The number of hydrogen-bond acceptors (Lipinski definition) is 4. The summed E-state index contributed by atoms with van der Waals surface area (Å²) >= 11 is 0. The fraction of sp³-hybridized carbons (Fsp3) is 0.500. The molecule has 2 atom stereocenters. The van der Waals surface area contributed by atoms with Crippen LogP contribution in [0.5, 0.6) is 0 Å². The smallest absolute Gasteiger partial charge is 0.230 e. The van der Waals surface area contributed by atoms with E-state index in [0.29, 0.717) is 17.7 Å². The Balaban J connectivity index is 1.78. The van der Waals surface area contributed by atoms with Gasteiger partial charge in [-0.2, -0.15) is 4.98 Å². The zero-order chi connectivity index (χ0) is 14.1. The second-order valence-electron chi connectivity index (χ2n) is 5.97. The lowest BCUT2D eigenvalue weighted by atomic mass is 9.84. The Morgan fingerprint density at radius 3 is 2.75 bits per heavy atom. The Labute approximate surface area is 119 Å². The molecule has 0 saturated carbocycles. The van der Waals surface area contributed by atoms with Crippen LogP contribution >= 0.6 is 0 Å². The van der Waals surface area contributed by atoms with Crippen LogP contribution in [-0.4, -0.2) is 10.1 Å². The van der Waals surface area contributed by atoms with E-state index < -0.39 is 0 Å². The van der Waals surface area contributed by atoms with Gasteiger partial charge in [-0.3, -0.25) is 0 Å². The van der Waals surface area contributed by atoms with Gasteiger partial charge in [0.25, 0.3) is 0 Å². The second-order valence-corrected chi connectivity index (χ2v) is 5.97. The lowest BCUT2D eigenvalue weighted by Gasteiger charge is -2.21. The van der Waals surface area contributed by atoms with Crippen molar-refractivity contribution in [3.63, 3.8) is 0 Å². The van der Waals surface area contributed by atoms with Crippen LogP contribution in [0.2, 0.25) is 0 Å². The highest BCUT2D eigenvalue weighted by atomic mass is 16.5. The molecular formula is C16H21N3O. The van der Waals surface area contributed by atoms with Crippen LogP contribution < -0.4 is 5.73 Å². The Morgan fingerprint density at radius 2 is 2.00 bits per heavy atom. The summed E-state index contributed by atoms with van der Waals surface area (Å²) < 4.78 is 5.45. The van der Waals surface area contributed by atoms with E-state index in [2.05, 4.69) is 48.3 Å². The first-order valence-corrected chi connectivity index (χ1v) is 7.31. The predicted molar refractivity (Wildman–Crippen MR) is 77.3 cm³/mol. The number of aryl methyl sites for hydroxylation is 1. The Morgan fingerprint density at radius 1 is 1.25 bits per heavy atom. The minimum Gasteiger partial charge on any atom is -0.339 e. The standard InChI is InChI=1S/C16H21N3O/c1-10(2)14(17)15-18-16(20-19-15)13-8-7-11-5-3-4-6-12(11)9-13/h3-6,10,13-14H,7-9,17H2,1-2H3. The second kappa shape index (κ2) is 5.37. The Bertz CT molecular complexity index is 591. The van der Waals surface area contributed by atoms with Gasteiger partial charge >= 0.3 is 0 Å². The van der Waals surface area contributed by atoms with Gasteiger partial charge in [0.15, 0.2) is 5.82 Å². The molecule has 1 aliphatic carbocycles. The van der Waals surface area contributed by atoms with Gasteiger partial charge in [0.1, 0.15) is 0 Å². The van der Waals surface area contributed by atoms with Gasteiger partial charge in [0, 0.05) is 5.92 Å². The number of nitrogens with zero attached hydrogens (tertiary/aromatic N) is 2. The van der Waals surface area contributed by atoms with Crippen LogP contribution in [0.15, 0.2) is 28.8 Å². The number of nitrogens with two attached hydrogens (primary N) is 1. The van der Waals surface area contributed by atoms with Gasteiger partial charge in [-0.25, -0.2) is 0 Å². The van der Waals surface area contributed by atoms with E-state index in [0.717, 1.165) is 25.2 Å². The first-order valence-electron chi connectivity index (χ1n) is 7.31. The van der Waals surface area contributed by atoms with E-state index in [-0.39, 0.29) is 6.04 Å².